The molecule has 1 atom stereocenters. The van der Waals surface area contributed by atoms with Gasteiger partial charge < -0.3 is 14.7 Å². The molecule has 0 amide bonds. The Morgan fingerprint density at radius 3 is 3.05 bits per heavy atom. The molecule has 1 aliphatic heterocycles. The molecule has 2 heterocycles. The zero-order valence-corrected chi connectivity index (χ0v) is 13.6. The molecule has 0 spiro atoms. The molecule has 1 aromatic carbocycles. The second-order valence-corrected chi connectivity index (χ2v) is 6.38. The summed E-state index contributed by atoms with van der Waals surface area (Å²) in [5, 5.41) is 19.2. The van der Waals surface area contributed by atoms with Gasteiger partial charge in [0.1, 0.15) is 5.01 Å². The van der Waals surface area contributed by atoms with E-state index < -0.39 is 0 Å². The average Bonchev–Trinajstić information content (AvgIpc) is 2.97. The van der Waals surface area contributed by atoms with Crippen LogP contribution in [-0.2, 0) is 13.0 Å². The van der Waals surface area contributed by atoms with Crippen molar-refractivity contribution in [3.05, 3.63) is 34.8 Å². The molecule has 5 nitrogen and oxygen atoms in total. The van der Waals surface area contributed by atoms with E-state index in [1.807, 2.05) is 6.92 Å². The topological polar surface area (TPSA) is 58.5 Å². The van der Waals surface area contributed by atoms with Crippen LogP contribution in [0.5, 0.6) is 5.19 Å². The smallest absolute Gasteiger partial charge is 0.294 e. The number of aryl methyl sites for hydroxylation is 1. The summed E-state index contributed by atoms with van der Waals surface area (Å²) >= 11 is 1.50. The van der Waals surface area contributed by atoms with Crippen LogP contribution in [0.4, 0.5) is 5.69 Å². The van der Waals surface area contributed by atoms with Crippen molar-refractivity contribution in [2.45, 2.75) is 38.8 Å². The highest BCUT2D eigenvalue weighted by Gasteiger charge is 2.26. The van der Waals surface area contributed by atoms with Crippen molar-refractivity contribution in [2.75, 3.05) is 18.1 Å². The lowest BCUT2D eigenvalue weighted by atomic mass is 9.94. The molecule has 0 radical (unpaired) electrons. The van der Waals surface area contributed by atoms with Crippen molar-refractivity contribution in [1.82, 2.24) is 10.2 Å². The number of ether oxygens (including phenoxy) is 1. The van der Waals surface area contributed by atoms with Gasteiger partial charge in [0, 0.05) is 18.3 Å². The van der Waals surface area contributed by atoms with Crippen LogP contribution < -0.4 is 9.64 Å². The standard InChI is InChI=1S/C16H21N3O2S/c1-2-21-16-18-17-15(22-16)11-19-13(9-10-20)8-7-12-5-3-4-6-14(12)19/h3-6,13,20H,2,7-11H2,1H3. The summed E-state index contributed by atoms with van der Waals surface area (Å²) in [6, 6.07) is 8.84. The third-order valence-electron chi connectivity index (χ3n) is 3.97. The summed E-state index contributed by atoms with van der Waals surface area (Å²) in [6.45, 7) is 3.48. The molecule has 1 N–H and O–H groups in total. The lowest BCUT2D eigenvalue weighted by Crippen LogP contribution is -2.39. The van der Waals surface area contributed by atoms with E-state index in [9.17, 15) is 5.11 Å². The Hall–Kier alpha value is -1.66. The molecule has 1 aromatic heterocycles. The van der Waals surface area contributed by atoms with Crippen LogP contribution in [0, 0.1) is 0 Å². The van der Waals surface area contributed by atoms with Crippen LogP contribution in [0.1, 0.15) is 30.3 Å². The third-order valence-corrected chi connectivity index (χ3v) is 4.79. The Kier molecular flexibility index (Phi) is 4.90. The first-order valence-corrected chi connectivity index (χ1v) is 8.54. The molecule has 118 valence electrons. The summed E-state index contributed by atoms with van der Waals surface area (Å²) in [5.74, 6) is 0. The van der Waals surface area contributed by atoms with Gasteiger partial charge in [-0.25, -0.2) is 0 Å². The number of aromatic nitrogens is 2. The molecule has 0 bridgehead atoms. The zero-order valence-electron chi connectivity index (χ0n) is 12.7. The molecule has 0 aliphatic carbocycles. The number of rotatable bonds is 6. The minimum atomic E-state index is 0.212. The van der Waals surface area contributed by atoms with Crippen molar-refractivity contribution in [2.24, 2.45) is 0 Å². The number of hydrogen-bond acceptors (Lipinski definition) is 6. The first-order valence-electron chi connectivity index (χ1n) is 7.72. The largest absolute Gasteiger partial charge is 0.469 e. The predicted molar refractivity (Wildman–Crippen MR) is 87.5 cm³/mol. The Bertz CT molecular complexity index is 617. The van der Waals surface area contributed by atoms with Gasteiger partial charge in [0.05, 0.1) is 13.2 Å². The molecule has 1 aliphatic rings. The molecule has 2 aromatic rings. The van der Waals surface area contributed by atoms with Gasteiger partial charge in [-0.3, -0.25) is 0 Å². The van der Waals surface area contributed by atoms with Crippen molar-refractivity contribution in [1.29, 1.82) is 0 Å². The van der Waals surface area contributed by atoms with E-state index in [-0.39, 0.29) is 6.61 Å². The molecule has 0 saturated carbocycles. The normalized spacial score (nSPS) is 17.4. The Morgan fingerprint density at radius 2 is 2.23 bits per heavy atom. The summed E-state index contributed by atoms with van der Waals surface area (Å²) in [7, 11) is 0. The Morgan fingerprint density at radius 1 is 1.36 bits per heavy atom. The van der Waals surface area contributed by atoms with Crippen LogP contribution in [0.2, 0.25) is 0 Å². The van der Waals surface area contributed by atoms with Crippen molar-refractivity contribution in [3.63, 3.8) is 0 Å². The van der Waals surface area contributed by atoms with Crippen LogP contribution in [0.3, 0.4) is 0 Å². The van der Waals surface area contributed by atoms with E-state index in [4.69, 9.17) is 4.74 Å². The molecule has 0 saturated heterocycles. The van der Waals surface area contributed by atoms with Gasteiger partial charge in [0.25, 0.3) is 5.19 Å². The maximum absolute atomic E-state index is 9.35. The highest BCUT2D eigenvalue weighted by atomic mass is 32.1. The van der Waals surface area contributed by atoms with E-state index in [0.29, 0.717) is 24.4 Å². The van der Waals surface area contributed by atoms with Gasteiger partial charge in [-0.1, -0.05) is 34.6 Å². The lowest BCUT2D eigenvalue weighted by molar-refractivity contribution is 0.267. The van der Waals surface area contributed by atoms with Crippen molar-refractivity contribution in [3.8, 4) is 5.19 Å². The number of aliphatic hydroxyl groups is 1. The highest BCUT2D eigenvalue weighted by Crippen LogP contribution is 2.33. The number of nitrogens with zero attached hydrogens (tertiary/aromatic N) is 3. The Balaban J connectivity index is 1.83. The summed E-state index contributed by atoms with van der Waals surface area (Å²) in [6.07, 6.45) is 2.91. The van der Waals surface area contributed by atoms with Crippen molar-refractivity contribution < 1.29 is 9.84 Å². The van der Waals surface area contributed by atoms with Crippen molar-refractivity contribution >= 4 is 17.0 Å². The van der Waals surface area contributed by atoms with E-state index in [0.717, 1.165) is 24.3 Å². The predicted octanol–water partition coefficient (Wildman–Crippen LogP) is 2.64. The van der Waals surface area contributed by atoms with Gasteiger partial charge in [0.2, 0.25) is 0 Å². The molecule has 0 fully saturated rings. The number of hydrogen-bond donors (Lipinski definition) is 1. The molecule has 22 heavy (non-hydrogen) atoms. The molecule has 3 rings (SSSR count). The van der Waals surface area contributed by atoms with Crippen LogP contribution >= 0.6 is 11.3 Å². The van der Waals surface area contributed by atoms with Crippen LogP contribution in [-0.4, -0.2) is 34.6 Å². The second kappa shape index (κ2) is 7.07. The number of fused-ring (bicyclic) bond motifs is 1. The van der Waals surface area contributed by atoms with E-state index >= 15 is 0 Å². The second-order valence-electron chi connectivity index (χ2n) is 5.36. The number of benzene rings is 1. The van der Waals surface area contributed by atoms with Crippen LogP contribution in [0.25, 0.3) is 0 Å². The first kappa shape index (κ1) is 15.2. The van der Waals surface area contributed by atoms with Gasteiger partial charge in [-0.2, -0.15) is 0 Å². The number of aliphatic hydroxyl groups excluding tert-OH is 1. The maximum Gasteiger partial charge on any atom is 0.294 e. The summed E-state index contributed by atoms with van der Waals surface area (Å²) in [5.41, 5.74) is 2.62. The molecule has 1 unspecified atom stereocenters. The third kappa shape index (κ3) is 3.23. The molecular weight excluding hydrogens is 298 g/mol. The fourth-order valence-corrected chi connectivity index (χ4v) is 3.72. The zero-order chi connectivity index (χ0) is 15.4. The molecular formula is C16H21N3O2S. The SMILES string of the molecule is CCOc1nnc(CN2c3ccccc3CCC2CCO)s1. The first-order chi connectivity index (χ1) is 10.8. The summed E-state index contributed by atoms with van der Waals surface area (Å²) < 4.78 is 5.41. The minimum absolute atomic E-state index is 0.212. The van der Waals surface area contributed by atoms with E-state index in [2.05, 4.69) is 39.4 Å². The van der Waals surface area contributed by atoms with Gasteiger partial charge >= 0.3 is 0 Å². The average molecular weight is 319 g/mol. The maximum atomic E-state index is 9.35. The van der Waals surface area contributed by atoms with Crippen LogP contribution in [0.15, 0.2) is 24.3 Å². The monoisotopic (exact) mass is 319 g/mol. The fourth-order valence-electron chi connectivity index (χ4n) is 2.97. The lowest BCUT2D eigenvalue weighted by Gasteiger charge is -2.38. The van der Waals surface area contributed by atoms with Gasteiger partial charge in [-0.05, 0) is 37.8 Å². The van der Waals surface area contributed by atoms with E-state index in [1.54, 1.807) is 0 Å². The Labute approximate surface area is 134 Å². The number of para-hydroxylation sites is 1. The number of anilines is 1. The fraction of sp³-hybridized carbons (Fsp3) is 0.500. The highest BCUT2D eigenvalue weighted by molar-refractivity contribution is 7.13. The quantitative estimate of drug-likeness (QED) is 0.887. The van der Waals surface area contributed by atoms with Gasteiger partial charge in [0.15, 0.2) is 0 Å². The minimum Gasteiger partial charge on any atom is -0.469 e. The molecule has 6 heteroatoms. The van der Waals surface area contributed by atoms with Gasteiger partial charge in [-0.15, -0.1) is 5.10 Å². The summed E-state index contributed by atoms with van der Waals surface area (Å²) in [4.78, 5) is 2.35. The van der Waals surface area contributed by atoms with E-state index in [1.165, 1.54) is 22.6 Å².